The van der Waals surface area contributed by atoms with E-state index in [1.165, 1.54) is 16.7 Å². The molecule has 0 amide bonds. The number of hydrogen-bond donors (Lipinski definition) is 2. The first-order valence-corrected chi connectivity index (χ1v) is 6.17. The smallest absolute Gasteiger partial charge is 0.198 e. The Hall–Kier alpha value is -2.88. The molecule has 1 aromatic heterocycles. The Morgan fingerprint density at radius 2 is 1.20 bits per heavy atom. The largest absolute Gasteiger partial charge is 0.494 e. The third-order valence-electron chi connectivity index (χ3n) is 2.91. The average Bonchev–Trinajstić information content (AvgIpc) is 2.81. The number of nitrogens with zero attached hydrogens (tertiary/aromatic N) is 1. The van der Waals surface area contributed by atoms with Crippen molar-refractivity contribution in [1.29, 1.82) is 0 Å². The van der Waals surface area contributed by atoms with Crippen LogP contribution in [0.4, 0.5) is 0 Å². The lowest BCUT2D eigenvalue weighted by Gasteiger charge is -2.09. The van der Waals surface area contributed by atoms with Crippen molar-refractivity contribution in [1.82, 2.24) is 4.57 Å². The summed E-state index contributed by atoms with van der Waals surface area (Å²) < 4.78 is 7.02. The molecule has 2 N–H and O–H groups in total. The van der Waals surface area contributed by atoms with Crippen LogP contribution >= 0.6 is 0 Å². The maximum absolute atomic E-state index is 9.66. The van der Waals surface area contributed by atoms with Gasteiger partial charge in [0.2, 0.25) is 0 Å². The van der Waals surface area contributed by atoms with Gasteiger partial charge < -0.3 is 14.9 Å². The van der Waals surface area contributed by atoms with Gasteiger partial charge in [-0.05, 0) is 36.4 Å². The van der Waals surface area contributed by atoms with Crippen LogP contribution in [0.2, 0.25) is 0 Å². The summed E-state index contributed by atoms with van der Waals surface area (Å²) in [4.78, 5) is 0. The van der Waals surface area contributed by atoms with Crippen LogP contribution < -0.4 is 4.74 Å². The molecule has 0 aliphatic rings. The second-order valence-electron chi connectivity index (χ2n) is 4.29. The van der Waals surface area contributed by atoms with Crippen molar-refractivity contribution < 1.29 is 14.9 Å². The molecule has 0 saturated carbocycles. The van der Waals surface area contributed by atoms with Crippen LogP contribution in [0.5, 0.6) is 23.3 Å². The van der Waals surface area contributed by atoms with Crippen molar-refractivity contribution in [2.24, 2.45) is 0 Å². The third-order valence-corrected chi connectivity index (χ3v) is 2.91. The van der Waals surface area contributed by atoms with Gasteiger partial charge in [-0.25, -0.2) is 0 Å². The lowest BCUT2D eigenvalue weighted by molar-refractivity contribution is 0.402. The van der Waals surface area contributed by atoms with Gasteiger partial charge in [-0.1, -0.05) is 18.2 Å². The van der Waals surface area contributed by atoms with E-state index in [0.717, 1.165) is 5.75 Å². The van der Waals surface area contributed by atoms with Gasteiger partial charge in [0.1, 0.15) is 11.5 Å². The van der Waals surface area contributed by atoms with E-state index in [2.05, 4.69) is 0 Å². The Kier molecular flexibility index (Phi) is 3.05. The SMILES string of the molecule is Oc1ccc(O)n1-c1ccc(Oc2ccccc2)cc1. The van der Waals surface area contributed by atoms with Gasteiger partial charge in [0.05, 0.1) is 5.69 Å². The maximum atomic E-state index is 9.66. The van der Waals surface area contributed by atoms with Crippen LogP contribution in [-0.2, 0) is 0 Å². The molecular formula is C16H13NO3. The quantitative estimate of drug-likeness (QED) is 0.761. The van der Waals surface area contributed by atoms with Gasteiger partial charge in [-0.2, -0.15) is 0 Å². The summed E-state index contributed by atoms with van der Waals surface area (Å²) in [6.07, 6.45) is 0. The third kappa shape index (κ3) is 2.31. The molecule has 0 unspecified atom stereocenters. The van der Waals surface area contributed by atoms with Gasteiger partial charge in [0, 0.05) is 12.1 Å². The fraction of sp³-hybridized carbons (Fsp3) is 0. The molecule has 100 valence electrons. The van der Waals surface area contributed by atoms with E-state index >= 15 is 0 Å². The van der Waals surface area contributed by atoms with Crippen LogP contribution in [0.15, 0.2) is 66.7 Å². The van der Waals surface area contributed by atoms with Crippen molar-refractivity contribution in [2.75, 3.05) is 0 Å². The second kappa shape index (κ2) is 5.01. The van der Waals surface area contributed by atoms with Gasteiger partial charge in [-0.15, -0.1) is 0 Å². The van der Waals surface area contributed by atoms with E-state index in [9.17, 15) is 10.2 Å². The number of para-hydroxylation sites is 1. The van der Waals surface area contributed by atoms with Gasteiger partial charge in [-0.3, -0.25) is 4.57 Å². The summed E-state index contributed by atoms with van der Waals surface area (Å²) in [7, 11) is 0. The molecule has 0 atom stereocenters. The summed E-state index contributed by atoms with van der Waals surface area (Å²) in [6, 6.07) is 19.4. The highest BCUT2D eigenvalue weighted by Gasteiger charge is 2.08. The highest BCUT2D eigenvalue weighted by Crippen LogP contribution is 2.28. The molecule has 0 saturated heterocycles. The van der Waals surface area contributed by atoms with Crippen LogP contribution in [0, 0.1) is 0 Å². The molecule has 1 heterocycles. The molecule has 0 bridgehead atoms. The van der Waals surface area contributed by atoms with Gasteiger partial charge in [0.15, 0.2) is 11.8 Å². The Morgan fingerprint density at radius 1 is 0.650 bits per heavy atom. The average molecular weight is 267 g/mol. The Morgan fingerprint density at radius 3 is 1.80 bits per heavy atom. The molecule has 0 radical (unpaired) electrons. The van der Waals surface area contributed by atoms with E-state index in [1.54, 1.807) is 24.3 Å². The zero-order valence-electron chi connectivity index (χ0n) is 10.6. The molecule has 0 spiro atoms. The fourth-order valence-electron chi connectivity index (χ4n) is 1.97. The zero-order chi connectivity index (χ0) is 13.9. The fourth-order valence-corrected chi connectivity index (χ4v) is 1.97. The molecule has 4 nitrogen and oxygen atoms in total. The Bertz CT molecular complexity index is 683. The van der Waals surface area contributed by atoms with Crippen molar-refractivity contribution in [2.45, 2.75) is 0 Å². The Balaban J connectivity index is 1.85. The van der Waals surface area contributed by atoms with Crippen molar-refractivity contribution >= 4 is 0 Å². The topological polar surface area (TPSA) is 54.6 Å². The summed E-state index contributed by atoms with van der Waals surface area (Å²) in [6.45, 7) is 0. The summed E-state index contributed by atoms with van der Waals surface area (Å²) in [5.41, 5.74) is 0.658. The molecular weight excluding hydrogens is 254 g/mol. The predicted molar refractivity (Wildman–Crippen MR) is 75.6 cm³/mol. The lowest BCUT2D eigenvalue weighted by Crippen LogP contribution is -1.92. The van der Waals surface area contributed by atoms with Crippen molar-refractivity contribution in [3.05, 3.63) is 66.7 Å². The molecule has 3 rings (SSSR count). The lowest BCUT2D eigenvalue weighted by atomic mass is 10.3. The van der Waals surface area contributed by atoms with Crippen LogP contribution in [-0.4, -0.2) is 14.8 Å². The highest BCUT2D eigenvalue weighted by molar-refractivity contribution is 5.45. The summed E-state index contributed by atoms with van der Waals surface area (Å²) in [5, 5.41) is 19.3. The monoisotopic (exact) mass is 267 g/mol. The number of benzene rings is 2. The number of aromatic hydroxyl groups is 2. The number of rotatable bonds is 3. The summed E-state index contributed by atoms with van der Waals surface area (Å²) >= 11 is 0. The number of ether oxygens (including phenoxy) is 1. The first-order chi connectivity index (χ1) is 9.74. The van der Waals surface area contributed by atoms with Gasteiger partial charge in [0.25, 0.3) is 0 Å². The minimum Gasteiger partial charge on any atom is -0.494 e. The first kappa shape index (κ1) is 12.2. The molecule has 0 aliphatic heterocycles. The van der Waals surface area contributed by atoms with E-state index in [0.29, 0.717) is 11.4 Å². The van der Waals surface area contributed by atoms with E-state index < -0.39 is 0 Å². The standard InChI is InChI=1S/C16H13NO3/c18-15-10-11-16(19)17(15)12-6-8-14(9-7-12)20-13-4-2-1-3-5-13/h1-11,18-19H. The van der Waals surface area contributed by atoms with Crippen LogP contribution in [0.1, 0.15) is 0 Å². The van der Waals surface area contributed by atoms with Crippen LogP contribution in [0.25, 0.3) is 5.69 Å². The summed E-state index contributed by atoms with van der Waals surface area (Å²) in [5.74, 6) is 1.41. The zero-order valence-corrected chi connectivity index (χ0v) is 10.6. The molecule has 4 heteroatoms. The highest BCUT2D eigenvalue weighted by atomic mass is 16.5. The van der Waals surface area contributed by atoms with Gasteiger partial charge >= 0.3 is 0 Å². The molecule has 0 aliphatic carbocycles. The molecule has 3 aromatic rings. The molecule has 20 heavy (non-hydrogen) atoms. The minimum atomic E-state index is -0.0146. The van der Waals surface area contributed by atoms with E-state index in [4.69, 9.17) is 4.74 Å². The predicted octanol–water partition coefficient (Wildman–Crippen LogP) is 3.68. The second-order valence-corrected chi connectivity index (χ2v) is 4.29. The van der Waals surface area contributed by atoms with E-state index in [-0.39, 0.29) is 11.8 Å². The van der Waals surface area contributed by atoms with Crippen molar-refractivity contribution in [3.63, 3.8) is 0 Å². The molecule has 2 aromatic carbocycles. The molecule has 0 fully saturated rings. The first-order valence-electron chi connectivity index (χ1n) is 6.17. The van der Waals surface area contributed by atoms with Crippen molar-refractivity contribution in [3.8, 4) is 28.9 Å². The minimum absolute atomic E-state index is 0.0146. The number of aromatic nitrogens is 1. The van der Waals surface area contributed by atoms with E-state index in [1.807, 2.05) is 30.3 Å². The Labute approximate surface area is 116 Å². The van der Waals surface area contributed by atoms with Crippen LogP contribution in [0.3, 0.4) is 0 Å². The normalized spacial score (nSPS) is 10.4. The number of hydrogen-bond acceptors (Lipinski definition) is 3. The maximum Gasteiger partial charge on any atom is 0.198 e.